The standard InChI is InChI=1S/C13H22O5/c1-2-12(15)17-10-11-18-13(16)8-6-4-3-5-7-9-14/h2,14H,1,3-11H2. The van der Waals surface area contributed by atoms with E-state index >= 15 is 0 Å². The average molecular weight is 258 g/mol. The maximum absolute atomic E-state index is 11.2. The molecule has 104 valence electrons. The van der Waals surface area contributed by atoms with Crippen molar-refractivity contribution in [1.29, 1.82) is 0 Å². The van der Waals surface area contributed by atoms with Crippen LogP contribution in [-0.2, 0) is 19.1 Å². The van der Waals surface area contributed by atoms with Crippen LogP contribution in [-0.4, -0.2) is 36.9 Å². The van der Waals surface area contributed by atoms with Crippen LogP contribution in [0, 0.1) is 0 Å². The average Bonchev–Trinajstić information content (AvgIpc) is 2.38. The maximum atomic E-state index is 11.2. The van der Waals surface area contributed by atoms with Crippen LogP contribution in [0.3, 0.4) is 0 Å². The second kappa shape index (κ2) is 12.1. The van der Waals surface area contributed by atoms with Crippen LogP contribution in [0.4, 0.5) is 0 Å². The summed E-state index contributed by atoms with van der Waals surface area (Å²) in [5.74, 6) is -0.790. The summed E-state index contributed by atoms with van der Waals surface area (Å²) < 4.78 is 9.53. The largest absolute Gasteiger partial charge is 0.462 e. The molecular formula is C13H22O5. The third-order valence-corrected chi connectivity index (χ3v) is 2.30. The van der Waals surface area contributed by atoms with Gasteiger partial charge in [0.15, 0.2) is 0 Å². The highest BCUT2D eigenvalue weighted by Gasteiger charge is 2.03. The fourth-order valence-corrected chi connectivity index (χ4v) is 1.34. The molecule has 0 aliphatic heterocycles. The van der Waals surface area contributed by atoms with Gasteiger partial charge in [-0.05, 0) is 12.8 Å². The lowest BCUT2D eigenvalue weighted by Crippen LogP contribution is -2.12. The van der Waals surface area contributed by atoms with Gasteiger partial charge in [0.05, 0.1) is 0 Å². The van der Waals surface area contributed by atoms with Crippen molar-refractivity contribution in [3.05, 3.63) is 12.7 Å². The van der Waals surface area contributed by atoms with Crippen LogP contribution in [0.5, 0.6) is 0 Å². The van der Waals surface area contributed by atoms with Crippen molar-refractivity contribution in [3.63, 3.8) is 0 Å². The van der Waals surface area contributed by atoms with E-state index in [1.165, 1.54) is 0 Å². The van der Waals surface area contributed by atoms with Gasteiger partial charge in [0.2, 0.25) is 0 Å². The van der Waals surface area contributed by atoms with Gasteiger partial charge in [0.1, 0.15) is 13.2 Å². The quantitative estimate of drug-likeness (QED) is 0.346. The van der Waals surface area contributed by atoms with Crippen molar-refractivity contribution < 1.29 is 24.2 Å². The minimum absolute atomic E-state index is 0.0626. The van der Waals surface area contributed by atoms with E-state index < -0.39 is 5.97 Å². The topological polar surface area (TPSA) is 72.8 Å². The van der Waals surface area contributed by atoms with Gasteiger partial charge in [-0.15, -0.1) is 0 Å². The second-order valence-corrected chi connectivity index (χ2v) is 3.83. The molecule has 1 N–H and O–H groups in total. The lowest BCUT2D eigenvalue weighted by atomic mass is 10.1. The molecule has 0 bridgehead atoms. The third kappa shape index (κ3) is 11.1. The zero-order chi connectivity index (χ0) is 13.6. The number of aliphatic hydroxyl groups is 1. The van der Waals surface area contributed by atoms with Crippen LogP contribution in [0.1, 0.15) is 38.5 Å². The van der Waals surface area contributed by atoms with Gasteiger partial charge in [-0.25, -0.2) is 4.79 Å². The molecule has 5 nitrogen and oxygen atoms in total. The molecule has 0 aliphatic rings. The molecule has 0 amide bonds. The van der Waals surface area contributed by atoms with Gasteiger partial charge in [0, 0.05) is 19.1 Å². The molecule has 0 aromatic heterocycles. The number of carbonyl (C=O) groups excluding carboxylic acids is 2. The first kappa shape index (κ1) is 16.6. The van der Waals surface area contributed by atoms with E-state index in [-0.39, 0.29) is 25.8 Å². The van der Waals surface area contributed by atoms with Crippen molar-refractivity contribution in [2.45, 2.75) is 38.5 Å². The molecule has 0 fully saturated rings. The Labute approximate surface area is 108 Å². The molecule has 0 saturated heterocycles. The fourth-order valence-electron chi connectivity index (χ4n) is 1.34. The Morgan fingerprint density at radius 3 is 2.28 bits per heavy atom. The van der Waals surface area contributed by atoms with Crippen LogP contribution in [0.25, 0.3) is 0 Å². The van der Waals surface area contributed by atoms with Gasteiger partial charge in [-0.3, -0.25) is 4.79 Å². The predicted molar refractivity (Wildman–Crippen MR) is 66.9 cm³/mol. The molecule has 0 atom stereocenters. The Bertz CT molecular complexity index is 250. The molecule has 0 heterocycles. The molecule has 18 heavy (non-hydrogen) atoms. The van der Waals surface area contributed by atoms with Gasteiger partial charge in [-0.1, -0.05) is 25.8 Å². The predicted octanol–water partition coefficient (Wildman–Crippen LogP) is 1.59. The molecule has 0 aromatic rings. The summed E-state index contributed by atoms with van der Waals surface area (Å²) in [6, 6.07) is 0. The molecule has 0 saturated carbocycles. The number of rotatable bonds is 11. The summed E-state index contributed by atoms with van der Waals surface area (Å²) >= 11 is 0. The summed E-state index contributed by atoms with van der Waals surface area (Å²) in [7, 11) is 0. The number of esters is 2. The zero-order valence-corrected chi connectivity index (χ0v) is 10.7. The number of hydrogen-bond donors (Lipinski definition) is 1. The van der Waals surface area contributed by atoms with E-state index in [0.717, 1.165) is 38.2 Å². The Kier molecular flexibility index (Phi) is 11.2. The zero-order valence-electron chi connectivity index (χ0n) is 10.7. The maximum Gasteiger partial charge on any atom is 0.330 e. The number of unbranched alkanes of at least 4 members (excludes halogenated alkanes) is 4. The Morgan fingerprint density at radius 2 is 1.61 bits per heavy atom. The summed E-state index contributed by atoms with van der Waals surface area (Å²) in [5.41, 5.74) is 0. The summed E-state index contributed by atoms with van der Waals surface area (Å²) in [5, 5.41) is 8.57. The fraction of sp³-hybridized carbons (Fsp3) is 0.692. The number of hydrogen-bond acceptors (Lipinski definition) is 5. The molecular weight excluding hydrogens is 236 g/mol. The summed E-state index contributed by atoms with van der Waals surface area (Å²) in [6.45, 7) is 3.62. The summed E-state index contributed by atoms with van der Waals surface area (Å²) in [6.07, 6.45) is 6.02. The molecule has 0 unspecified atom stereocenters. The molecule has 5 heteroatoms. The second-order valence-electron chi connectivity index (χ2n) is 3.83. The van der Waals surface area contributed by atoms with Crippen molar-refractivity contribution in [2.24, 2.45) is 0 Å². The van der Waals surface area contributed by atoms with Crippen molar-refractivity contribution >= 4 is 11.9 Å². The highest BCUT2D eigenvalue weighted by molar-refractivity contribution is 5.81. The van der Waals surface area contributed by atoms with Gasteiger partial charge in [0.25, 0.3) is 0 Å². The monoisotopic (exact) mass is 258 g/mol. The van der Waals surface area contributed by atoms with Crippen LogP contribution < -0.4 is 0 Å². The Balaban J connectivity index is 3.27. The first-order chi connectivity index (χ1) is 8.70. The minimum atomic E-state index is -0.519. The lowest BCUT2D eigenvalue weighted by molar-refractivity contribution is -0.149. The molecule has 0 spiro atoms. The molecule has 0 aromatic carbocycles. The van der Waals surface area contributed by atoms with E-state index in [4.69, 9.17) is 9.84 Å². The number of ether oxygens (including phenoxy) is 2. The van der Waals surface area contributed by atoms with Crippen LogP contribution in [0.2, 0.25) is 0 Å². The van der Waals surface area contributed by atoms with Crippen molar-refractivity contribution in [1.82, 2.24) is 0 Å². The lowest BCUT2D eigenvalue weighted by Gasteiger charge is -2.05. The number of aliphatic hydroxyl groups excluding tert-OH is 1. The SMILES string of the molecule is C=CC(=O)OCCOC(=O)CCCCCCCO. The first-order valence-electron chi connectivity index (χ1n) is 6.26. The van der Waals surface area contributed by atoms with Crippen LogP contribution >= 0.6 is 0 Å². The van der Waals surface area contributed by atoms with Crippen LogP contribution in [0.15, 0.2) is 12.7 Å². The highest BCUT2D eigenvalue weighted by Crippen LogP contribution is 2.05. The smallest absolute Gasteiger partial charge is 0.330 e. The van der Waals surface area contributed by atoms with Crippen molar-refractivity contribution in [3.8, 4) is 0 Å². The minimum Gasteiger partial charge on any atom is -0.462 e. The van der Waals surface area contributed by atoms with E-state index in [1.54, 1.807) is 0 Å². The summed E-state index contributed by atoms with van der Waals surface area (Å²) in [4.78, 5) is 21.9. The number of carbonyl (C=O) groups is 2. The molecule has 0 radical (unpaired) electrons. The Morgan fingerprint density at radius 1 is 1.00 bits per heavy atom. The van der Waals surface area contributed by atoms with Gasteiger partial charge < -0.3 is 14.6 Å². The van der Waals surface area contributed by atoms with Crippen molar-refractivity contribution in [2.75, 3.05) is 19.8 Å². The van der Waals surface area contributed by atoms with Gasteiger partial charge in [-0.2, -0.15) is 0 Å². The van der Waals surface area contributed by atoms with E-state index in [0.29, 0.717) is 6.42 Å². The molecule has 0 aliphatic carbocycles. The first-order valence-corrected chi connectivity index (χ1v) is 6.26. The molecule has 0 rings (SSSR count). The van der Waals surface area contributed by atoms with E-state index in [1.807, 2.05) is 0 Å². The third-order valence-electron chi connectivity index (χ3n) is 2.30. The Hall–Kier alpha value is -1.36. The van der Waals surface area contributed by atoms with E-state index in [2.05, 4.69) is 11.3 Å². The van der Waals surface area contributed by atoms with Gasteiger partial charge >= 0.3 is 11.9 Å². The van der Waals surface area contributed by atoms with E-state index in [9.17, 15) is 9.59 Å². The normalized spacial score (nSPS) is 9.83. The highest BCUT2D eigenvalue weighted by atomic mass is 16.6.